The number of methoxy groups -OCH3 is 2. The van der Waals surface area contributed by atoms with Gasteiger partial charge in [-0.3, -0.25) is 14.5 Å². The van der Waals surface area contributed by atoms with Crippen LogP contribution in [-0.2, 0) is 14.3 Å². The molecule has 2 heterocycles. The van der Waals surface area contributed by atoms with Crippen molar-refractivity contribution in [2.75, 3.05) is 27.4 Å². The molecule has 1 aliphatic rings. The Labute approximate surface area is 173 Å². The van der Waals surface area contributed by atoms with Crippen LogP contribution < -0.4 is 0 Å². The van der Waals surface area contributed by atoms with Gasteiger partial charge < -0.3 is 14.0 Å². The Morgan fingerprint density at radius 3 is 2.59 bits per heavy atom. The molecule has 0 unspecified atom stereocenters. The maximum absolute atomic E-state index is 12.6. The first-order chi connectivity index (χ1) is 13.9. The van der Waals surface area contributed by atoms with Gasteiger partial charge in [-0.2, -0.15) is 0 Å². The van der Waals surface area contributed by atoms with E-state index in [0.29, 0.717) is 22.8 Å². The molecule has 0 bridgehead atoms. The van der Waals surface area contributed by atoms with E-state index in [2.05, 4.69) is 0 Å². The molecule has 29 heavy (non-hydrogen) atoms. The number of carbonyl (C=O) groups is 3. The Kier molecular flexibility index (Phi) is 6.24. The molecule has 1 aromatic heterocycles. The van der Waals surface area contributed by atoms with E-state index in [9.17, 15) is 14.4 Å². The maximum Gasteiger partial charge on any atom is 0.339 e. The average molecular weight is 414 g/mol. The van der Waals surface area contributed by atoms with Crippen LogP contribution in [0.2, 0.25) is 0 Å². The van der Waals surface area contributed by atoms with Crippen LogP contribution >= 0.6 is 11.8 Å². The molecule has 1 aromatic carbocycles. The minimum Gasteiger partial charge on any atom is -0.465 e. The normalized spacial score (nSPS) is 15.4. The number of amides is 2. The van der Waals surface area contributed by atoms with Crippen molar-refractivity contribution in [2.24, 2.45) is 0 Å². The third-order valence-corrected chi connectivity index (χ3v) is 5.61. The molecule has 0 atom stereocenters. The lowest BCUT2D eigenvalue weighted by atomic mass is 10.1. The summed E-state index contributed by atoms with van der Waals surface area (Å²) in [5, 5.41) is -0.303. The van der Waals surface area contributed by atoms with E-state index in [0.717, 1.165) is 28.7 Å². The minimum atomic E-state index is -0.422. The van der Waals surface area contributed by atoms with Crippen LogP contribution in [0.15, 0.2) is 35.2 Å². The van der Waals surface area contributed by atoms with E-state index < -0.39 is 5.97 Å². The Morgan fingerprint density at radius 2 is 1.90 bits per heavy atom. The van der Waals surface area contributed by atoms with Crippen molar-refractivity contribution in [3.05, 3.63) is 57.8 Å². The molecule has 2 amide bonds. The Balaban J connectivity index is 2.00. The van der Waals surface area contributed by atoms with Crippen LogP contribution in [0.5, 0.6) is 0 Å². The quantitative estimate of drug-likeness (QED) is 0.531. The number of aryl methyl sites for hydroxylation is 1. The van der Waals surface area contributed by atoms with E-state index in [-0.39, 0.29) is 17.7 Å². The highest BCUT2D eigenvalue weighted by atomic mass is 32.2. The number of imide groups is 1. The number of aromatic nitrogens is 1. The second-order valence-corrected chi connectivity index (χ2v) is 7.49. The Morgan fingerprint density at radius 1 is 1.17 bits per heavy atom. The summed E-state index contributed by atoms with van der Waals surface area (Å²) >= 11 is 0.918. The number of benzene rings is 1. The third-order valence-electron chi connectivity index (χ3n) is 4.70. The van der Waals surface area contributed by atoms with Crippen molar-refractivity contribution in [3.63, 3.8) is 0 Å². The van der Waals surface area contributed by atoms with Gasteiger partial charge in [-0.05, 0) is 55.4 Å². The van der Waals surface area contributed by atoms with Gasteiger partial charge in [0.25, 0.3) is 11.1 Å². The highest BCUT2D eigenvalue weighted by Gasteiger charge is 2.34. The molecule has 1 fully saturated rings. The van der Waals surface area contributed by atoms with Crippen LogP contribution in [0.25, 0.3) is 11.8 Å². The number of carbonyl (C=O) groups excluding carboxylic acids is 3. The van der Waals surface area contributed by atoms with Crippen LogP contribution in [0.3, 0.4) is 0 Å². The summed E-state index contributed by atoms with van der Waals surface area (Å²) in [5.41, 5.74) is 3.69. The SMILES string of the molecule is COCCN1C(=O)S/C(=C/c2cc(C)n(-c3ccccc3C(=O)OC)c2C)C1=O. The zero-order valence-corrected chi connectivity index (χ0v) is 17.5. The second-order valence-electron chi connectivity index (χ2n) is 6.50. The van der Waals surface area contributed by atoms with E-state index in [1.165, 1.54) is 19.1 Å². The van der Waals surface area contributed by atoms with Crippen molar-refractivity contribution in [2.45, 2.75) is 13.8 Å². The molecule has 1 saturated heterocycles. The maximum atomic E-state index is 12.6. The molecule has 8 heteroatoms. The number of thioether (sulfide) groups is 1. The number of esters is 1. The predicted molar refractivity (Wildman–Crippen MR) is 111 cm³/mol. The standard InChI is InChI=1S/C21H22N2O5S/c1-13-11-15(12-18-19(24)22(9-10-27-3)21(26)29-18)14(2)23(13)17-8-6-5-7-16(17)20(25)28-4/h5-8,11-12H,9-10H2,1-4H3/b18-12+. The molecule has 1 aliphatic heterocycles. The van der Waals surface area contributed by atoms with E-state index >= 15 is 0 Å². The molecule has 0 N–H and O–H groups in total. The number of hydrogen-bond acceptors (Lipinski definition) is 6. The van der Waals surface area contributed by atoms with Crippen molar-refractivity contribution in [1.82, 2.24) is 9.47 Å². The van der Waals surface area contributed by atoms with Crippen molar-refractivity contribution < 1.29 is 23.9 Å². The minimum absolute atomic E-state index is 0.226. The molecular weight excluding hydrogens is 392 g/mol. The highest BCUT2D eigenvalue weighted by molar-refractivity contribution is 8.18. The summed E-state index contributed by atoms with van der Waals surface area (Å²) < 4.78 is 11.8. The van der Waals surface area contributed by atoms with E-state index in [4.69, 9.17) is 9.47 Å². The highest BCUT2D eigenvalue weighted by Crippen LogP contribution is 2.34. The molecule has 0 spiro atoms. The zero-order valence-electron chi connectivity index (χ0n) is 16.7. The molecule has 0 aliphatic carbocycles. The van der Waals surface area contributed by atoms with E-state index in [1.54, 1.807) is 18.2 Å². The number of hydrogen-bond donors (Lipinski definition) is 0. The molecule has 0 radical (unpaired) electrons. The second kappa shape index (κ2) is 8.67. The van der Waals surface area contributed by atoms with Gasteiger partial charge in [0.1, 0.15) is 0 Å². The fourth-order valence-corrected chi connectivity index (χ4v) is 4.13. The Bertz CT molecular complexity index is 1010. The van der Waals surface area contributed by atoms with Gasteiger partial charge in [-0.15, -0.1) is 0 Å². The van der Waals surface area contributed by atoms with Crippen molar-refractivity contribution >= 4 is 35.0 Å². The topological polar surface area (TPSA) is 77.8 Å². The third kappa shape index (κ3) is 3.99. The summed E-state index contributed by atoms with van der Waals surface area (Å²) in [6, 6.07) is 9.10. The monoisotopic (exact) mass is 414 g/mol. The lowest BCUT2D eigenvalue weighted by molar-refractivity contribution is -0.123. The first kappa shape index (κ1) is 20.9. The van der Waals surface area contributed by atoms with Crippen LogP contribution in [0.1, 0.15) is 27.3 Å². The van der Waals surface area contributed by atoms with Gasteiger partial charge in [-0.1, -0.05) is 12.1 Å². The summed E-state index contributed by atoms with van der Waals surface area (Å²) in [6.45, 7) is 4.35. The first-order valence-corrected chi connectivity index (χ1v) is 9.81. The van der Waals surface area contributed by atoms with Gasteiger partial charge in [0.2, 0.25) is 0 Å². The lowest BCUT2D eigenvalue weighted by Gasteiger charge is -2.13. The molecule has 152 valence electrons. The first-order valence-electron chi connectivity index (χ1n) is 9.00. The van der Waals surface area contributed by atoms with Crippen LogP contribution in [-0.4, -0.2) is 54.0 Å². The summed E-state index contributed by atoms with van der Waals surface area (Å²) in [6.07, 6.45) is 1.72. The summed E-state index contributed by atoms with van der Waals surface area (Å²) in [5.74, 6) is -0.745. The number of para-hydroxylation sites is 1. The van der Waals surface area contributed by atoms with Gasteiger partial charge in [0.15, 0.2) is 0 Å². The molecule has 2 aromatic rings. The zero-order chi connectivity index (χ0) is 21.1. The summed E-state index contributed by atoms with van der Waals surface area (Å²) in [7, 11) is 2.87. The number of rotatable bonds is 6. The Hall–Kier alpha value is -2.84. The van der Waals surface area contributed by atoms with Crippen LogP contribution in [0, 0.1) is 13.8 Å². The van der Waals surface area contributed by atoms with Crippen molar-refractivity contribution in [3.8, 4) is 5.69 Å². The lowest BCUT2D eigenvalue weighted by Crippen LogP contribution is -2.31. The molecular formula is C21H22N2O5S. The average Bonchev–Trinajstić information content (AvgIpc) is 3.14. The molecule has 3 rings (SSSR count). The van der Waals surface area contributed by atoms with E-state index in [1.807, 2.05) is 36.6 Å². The van der Waals surface area contributed by atoms with Gasteiger partial charge in [0, 0.05) is 18.5 Å². The predicted octanol–water partition coefficient (Wildman–Crippen LogP) is 3.56. The van der Waals surface area contributed by atoms with Gasteiger partial charge >= 0.3 is 5.97 Å². The largest absolute Gasteiger partial charge is 0.465 e. The fourth-order valence-electron chi connectivity index (χ4n) is 3.27. The van der Waals surface area contributed by atoms with Crippen LogP contribution in [0.4, 0.5) is 4.79 Å². The summed E-state index contributed by atoms with van der Waals surface area (Å²) in [4.78, 5) is 38.4. The van der Waals surface area contributed by atoms with Crippen molar-refractivity contribution in [1.29, 1.82) is 0 Å². The smallest absolute Gasteiger partial charge is 0.339 e. The fraction of sp³-hybridized carbons (Fsp3) is 0.286. The van der Waals surface area contributed by atoms with Gasteiger partial charge in [0.05, 0.1) is 36.4 Å². The molecule has 0 saturated carbocycles. The number of ether oxygens (including phenoxy) is 2. The molecule has 7 nitrogen and oxygen atoms in total. The number of nitrogens with zero attached hydrogens (tertiary/aromatic N) is 2. The van der Waals surface area contributed by atoms with Gasteiger partial charge in [-0.25, -0.2) is 4.79 Å².